The first-order valence-corrected chi connectivity index (χ1v) is 9.22. The molecule has 3 aliphatic rings. The van der Waals surface area contributed by atoms with E-state index in [0.717, 1.165) is 44.9 Å². The molecule has 2 fully saturated rings. The van der Waals surface area contributed by atoms with Gasteiger partial charge in [-0.05, 0) is 50.9 Å². The number of hydrogen-bond acceptors (Lipinski definition) is 4. The van der Waals surface area contributed by atoms with Gasteiger partial charge in [-0.15, -0.1) is 4.40 Å². The lowest BCUT2D eigenvalue weighted by Crippen LogP contribution is -2.43. The maximum Gasteiger partial charge on any atom is 0.262 e. The third kappa shape index (κ3) is 3.01. The van der Waals surface area contributed by atoms with Gasteiger partial charge in [-0.1, -0.05) is 6.42 Å². The van der Waals surface area contributed by atoms with Crippen LogP contribution in [0.25, 0.3) is 0 Å². The average Bonchev–Trinajstić information content (AvgIpc) is 2.41. The van der Waals surface area contributed by atoms with E-state index in [9.17, 15) is 13.5 Å². The van der Waals surface area contributed by atoms with E-state index in [2.05, 4.69) is 4.40 Å². The Morgan fingerprint density at radius 1 is 1.10 bits per heavy atom. The Morgan fingerprint density at radius 2 is 1.80 bits per heavy atom. The summed E-state index contributed by atoms with van der Waals surface area (Å²) < 4.78 is 34.2. The minimum Gasteiger partial charge on any atom is -0.475 e. The van der Waals surface area contributed by atoms with Crippen LogP contribution in [0.1, 0.15) is 57.8 Å². The summed E-state index contributed by atoms with van der Waals surface area (Å²) in [5.74, 6) is 0.807. The number of rotatable bonds is 2. The number of ether oxygens (including phenoxy) is 1. The normalized spacial score (nSPS) is 40.4. The lowest BCUT2D eigenvalue weighted by atomic mass is 9.85. The molecular weight excluding hydrogens is 278 g/mol. The highest BCUT2D eigenvalue weighted by molar-refractivity contribution is 7.91. The van der Waals surface area contributed by atoms with Gasteiger partial charge in [-0.25, -0.2) is 8.42 Å². The third-order valence-electron chi connectivity index (χ3n) is 4.82. The van der Waals surface area contributed by atoms with Crippen molar-refractivity contribution in [3.05, 3.63) is 0 Å². The van der Waals surface area contributed by atoms with Crippen LogP contribution >= 0.6 is 0 Å². The Balaban J connectivity index is 1.69. The molecule has 3 rings (SSSR count). The molecule has 6 heteroatoms. The number of hydrogen-bond donors (Lipinski definition) is 1. The van der Waals surface area contributed by atoms with Crippen molar-refractivity contribution in [1.29, 1.82) is 0 Å². The minimum atomic E-state index is -3.38. The summed E-state index contributed by atoms with van der Waals surface area (Å²) in [6.45, 7) is 0. The molecule has 2 unspecified atom stereocenters. The molecule has 5 nitrogen and oxygen atoms in total. The Kier molecular flexibility index (Phi) is 4.04. The van der Waals surface area contributed by atoms with E-state index in [-0.39, 0.29) is 12.2 Å². The average molecular weight is 301 g/mol. The first-order chi connectivity index (χ1) is 9.54. The van der Waals surface area contributed by atoms with Crippen LogP contribution in [-0.2, 0) is 14.8 Å². The van der Waals surface area contributed by atoms with Crippen LogP contribution in [0.5, 0.6) is 0 Å². The molecule has 1 aliphatic heterocycles. The van der Waals surface area contributed by atoms with Crippen molar-refractivity contribution >= 4 is 15.9 Å². The fraction of sp³-hybridized carbons (Fsp3) is 0.929. The Bertz CT molecular complexity index is 479. The van der Waals surface area contributed by atoms with Crippen LogP contribution in [0.3, 0.4) is 0 Å². The molecule has 0 radical (unpaired) electrons. The topological polar surface area (TPSA) is 76.0 Å². The van der Waals surface area contributed by atoms with Crippen molar-refractivity contribution in [2.45, 2.75) is 75.2 Å². The van der Waals surface area contributed by atoms with E-state index >= 15 is 0 Å². The SMILES string of the molecule is O=S1(=O)N=C(CC2CCC(O)CC2)OC2CCCCC21. The maximum absolute atomic E-state index is 12.2. The summed E-state index contributed by atoms with van der Waals surface area (Å²) in [5.41, 5.74) is 0. The van der Waals surface area contributed by atoms with E-state index in [1.165, 1.54) is 0 Å². The monoisotopic (exact) mass is 301 g/mol. The molecule has 0 saturated heterocycles. The van der Waals surface area contributed by atoms with E-state index in [0.29, 0.717) is 24.7 Å². The molecule has 0 aromatic heterocycles. The first kappa shape index (κ1) is 14.3. The third-order valence-corrected chi connectivity index (χ3v) is 6.58. The van der Waals surface area contributed by atoms with Gasteiger partial charge >= 0.3 is 0 Å². The van der Waals surface area contributed by atoms with Crippen LogP contribution in [0.2, 0.25) is 0 Å². The quantitative estimate of drug-likeness (QED) is 0.846. The molecule has 2 aliphatic carbocycles. The van der Waals surface area contributed by atoms with Crippen molar-refractivity contribution < 1.29 is 18.3 Å². The molecule has 114 valence electrons. The van der Waals surface area contributed by atoms with Gasteiger partial charge in [0.25, 0.3) is 10.0 Å². The fourth-order valence-corrected chi connectivity index (χ4v) is 5.20. The minimum absolute atomic E-state index is 0.185. The van der Waals surface area contributed by atoms with Crippen LogP contribution in [-0.4, -0.2) is 36.9 Å². The summed E-state index contributed by atoms with van der Waals surface area (Å²) in [4.78, 5) is 0. The fourth-order valence-electron chi connectivity index (χ4n) is 3.63. The molecule has 0 aromatic carbocycles. The highest BCUT2D eigenvalue weighted by Crippen LogP contribution is 2.34. The van der Waals surface area contributed by atoms with Crippen molar-refractivity contribution in [3.8, 4) is 0 Å². The highest BCUT2D eigenvalue weighted by atomic mass is 32.2. The Labute approximate surface area is 120 Å². The molecule has 1 N–H and O–H groups in total. The second-order valence-corrected chi connectivity index (χ2v) is 8.18. The second kappa shape index (κ2) is 5.64. The van der Waals surface area contributed by atoms with Crippen molar-refractivity contribution in [3.63, 3.8) is 0 Å². The van der Waals surface area contributed by atoms with Crippen molar-refractivity contribution in [2.75, 3.05) is 0 Å². The van der Waals surface area contributed by atoms with Crippen molar-refractivity contribution in [2.24, 2.45) is 10.3 Å². The van der Waals surface area contributed by atoms with E-state index in [4.69, 9.17) is 4.74 Å². The molecule has 2 atom stereocenters. The van der Waals surface area contributed by atoms with E-state index in [1.807, 2.05) is 0 Å². The number of sulfonamides is 1. The lowest BCUT2D eigenvalue weighted by Gasteiger charge is -2.35. The molecule has 2 saturated carbocycles. The van der Waals surface area contributed by atoms with Gasteiger partial charge in [0.1, 0.15) is 11.4 Å². The zero-order valence-corrected chi connectivity index (χ0v) is 12.5. The van der Waals surface area contributed by atoms with Crippen molar-refractivity contribution in [1.82, 2.24) is 0 Å². The summed E-state index contributed by atoms with van der Waals surface area (Å²) in [6, 6.07) is 0. The second-order valence-electron chi connectivity index (χ2n) is 6.36. The molecule has 0 spiro atoms. The van der Waals surface area contributed by atoms with Gasteiger partial charge in [0.15, 0.2) is 0 Å². The van der Waals surface area contributed by atoms with Gasteiger partial charge in [0, 0.05) is 6.42 Å². The maximum atomic E-state index is 12.2. The Hall–Kier alpha value is -0.620. The number of aliphatic hydroxyl groups excluding tert-OH is 1. The number of fused-ring (bicyclic) bond motifs is 1. The smallest absolute Gasteiger partial charge is 0.262 e. The van der Waals surface area contributed by atoms with Crippen LogP contribution in [0.15, 0.2) is 4.40 Å². The highest BCUT2D eigenvalue weighted by Gasteiger charge is 2.41. The first-order valence-electron chi connectivity index (χ1n) is 7.72. The van der Waals surface area contributed by atoms with Gasteiger partial charge in [0.05, 0.1) is 6.10 Å². The molecule has 0 bridgehead atoms. The Morgan fingerprint density at radius 3 is 2.55 bits per heavy atom. The van der Waals surface area contributed by atoms with Gasteiger partial charge in [-0.2, -0.15) is 0 Å². The summed E-state index contributed by atoms with van der Waals surface area (Å²) in [7, 11) is -3.38. The van der Waals surface area contributed by atoms with Crippen LogP contribution < -0.4 is 0 Å². The standard InChI is InChI=1S/C14H23NO4S/c16-11-7-5-10(6-8-11)9-14-15-20(17,18)13-4-2-1-3-12(13)19-14/h10-13,16H,1-9H2. The number of aliphatic hydroxyl groups is 1. The predicted molar refractivity (Wildman–Crippen MR) is 76.1 cm³/mol. The largest absolute Gasteiger partial charge is 0.475 e. The van der Waals surface area contributed by atoms with Crippen LogP contribution in [0, 0.1) is 5.92 Å². The molecule has 1 heterocycles. The van der Waals surface area contributed by atoms with Gasteiger partial charge in [-0.3, -0.25) is 0 Å². The summed E-state index contributed by atoms with van der Waals surface area (Å²) in [5, 5.41) is 9.09. The molecule has 20 heavy (non-hydrogen) atoms. The van der Waals surface area contributed by atoms with E-state index in [1.54, 1.807) is 0 Å². The molecule has 0 aromatic rings. The molecule has 0 amide bonds. The van der Waals surface area contributed by atoms with Gasteiger partial charge < -0.3 is 9.84 Å². The summed E-state index contributed by atoms with van der Waals surface area (Å²) in [6.07, 6.45) is 7.20. The predicted octanol–water partition coefficient (Wildman–Crippen LogP) is 2.00. The zero-order valence-electron chi connectivity index (χ0n) is 11.7. The van der Waals surface area contributed by atoms with Gasteiger partial charge in [0.2, 0.25) is 5.90 Å². The number of nitrogens with zero attached hydrogens (tertiary/aromatic N) is 1. The lowest BCUT2D eigenvalue weighted by molar-refractivity contribution is 0.102. The summed E-state index contributed by atoms with van der Waals surface area (Å²) >= 11 is 0. The zero-order chi connectivity index (χ0) is 14.2. The van der Waals surface area contributed by atoms with Crippen LogP contribution in [0.4, 0.5) is 0 Å². The molecular formula is C14H23NO4S. The van der Waals surface area contributed by atoms with E-state index < -0.39 is 15.3 Å².